The second-order valence-electron chi connectivity index (χ2n) is 6.20. The predicted molar refractivity (Wildman–Crippen MR) is 93.5 cm³/mol. The molecule has 0 bridgehead atoms. The lowest BCUT2D eigenvalue weighted by molar-refractivity contribution is 0.190. The Morgan fingerprint density at radius 3 is 2.57 bits per heavy atom. The molecule has 3 heteroatoms. The van der Waals surface area contributed by atoms with Crippen molar-refractivity contribution in [2.75, 3.05) is 0 Å². The van der Waals surface area contributed by atoms with Gasteiger partial charge in [0.05, 0.1) is 0 Å². The molecule has 1 N–H and O–H groups in total. The maximum atomic E-state index is 10.1. The van der Waals surface area contributed by atoms with E-state index in [2.05, 4.69) is 18.8 Å². The third kappa shape index (κ3) is 5.86. The number of aliphatic hydroxyl groups excluding tert-OH is 1. The van der Waals surface area contributed by atoms with Crippen LogP contribution in [0, 0.1) is 17.8 Å². The second kappa shape index (κ2) is 8.63. The van der Waals surface area contributed by atoms with E-state index >= 15 is 0 Å². The number of halogens is 1. The van der Waals surface area contributed by atoms with Gasteiger partial charge in [-0.25, -0.2) is 0 Å². The quantitative estimate of drug-likeness (QED) is 0.640. The highest BCUT2D eigenvalue weighted by Gasteiger charge is 2.22. The van der Waals surface area contributed by atoms with Crippen LogP contribution >= 0.6 is 11.6 Å². The first-order valence-corrected chi connectivity index (χ1v) is 10.9. The van der Waals surface area contributed by atoms with Crippen LogP contribution in [0.3, 0.4) is 0 Å². The Balaban J connectivity index is 1.78. The fourth-order valence-electron chi connectivity index (χ4n) is 3.24. The summed E-state index contributed by atoms with van der Waals surface area (Å²) >= 11 is 5.84. The van der Waals surface area contributed by atoms with Gasteiger partial charge in [0.25, 0.3) is 0 Å². The first kappa shape index (κ1) is 16.6. The fraction of sp³-hybridized carbons (Fsp3) is 0.556. The van der Waals surface area contributed by atoms with E-state index in [0.717, 1.165) is 12.0 Å². The molecule has 21 heavy (non-hydrogen) atoms. The van der Waals surface area contributed by atoms with Crippen molar-refractivity contribution in [3.05, 3.63) is 34.9 Å². The van der Waals surface area contributed by atoms with Crippen molar-refractivity contribution in [2.45, 2.75) is 56.8 Å². The molecule has 1 unspecified atom stereocenters. The van der Waals surface area contributed by atoms with Crippen LogP contribution in [0.25, 0.3) is 0 Å². The van der Waals surface area contributed by atoms with E-state index in [-0.39, 0.29) is 0 Å². The molecular weight excluding hydrogens is 296 g/mol. The zero-order valence-corrected chi connectivity index (χ0v) is 14.7. The van der Waals surface area contributed by atoms with E-state index in [0.29, 0.717) is 10.9 Å². The number of aliphatic hydroxyl groups is 1. The average molecular weight is 321 g/mol. The lowest BCUT2D eigenvalue weighted by Crippen LogP contribution is -2.23. The second-order valence-corrected chi connectivity index (χ2v) is 10.1. The maximum absolute atomic E-state index is 10.1. The van der Waals surface area contributed by atoms with Gasteiger partial charge in [-0.2, -0.15) is 0 Å². The molecule has 114 valence electrons. The Morgan fingerprint density at radius 2 is 1.95 bits per heavy atom. The zero-order valence-electron chi connectivity index (χ0n) is 12.8. The Morgan fingerprint density at radius 1 is 1.29 bits per heavy atom. The van der Waals surface area contributed by atoms with Crippen LogP contribution in [-0.2, 0) is 0 Å². The Hall–Kier alpha value is -0.753. The topological polar surface area (TPSA) is 20.2 Å². The minimum atomic E-state index is -0.491. The molecule has 1 aliphatic rings. The minimum absolute atomic E-state index is 0.410. The number of benzene rings is 1. The summed E-state index contributed by atoms with van der Waals surface area (Å²) in [5.74, 6) is 6.70. The summed E-state index contributed by atoms with van der Waals surface area (Å²) in [6, 6.07) is 11.9. The predicted octanol–water partition coefficient (Wildman–Crippen LogP) is 4.49. The van der Waals surface area contributed by atoms with Gasteiger partial charge in [0.15, 0.2) is 0 Å². The lowest BCUT2D eigenvalue weighted by Gasteiger charge is -2.27. The van der Waals surface area contributed by atoms with Crippen molar-refractivity contribution in [1.29, 1.82) is 0 Å². The van der Waals surface area contributed by atoms with Crippen LogP contribution in [0.4, 0.5) is 0 Å². The van der Waals surface area contributed by atoms with E-state index in [1.165, 1.54) is 37.4 Å². The average Bonchev–Trinajstić information content (AvgIpc) is 2.49. The highest BCUT2D eigenvalue weighted by Crippen LogP contribution is 2.30. The third-order valence-corrected chi connectivity index (χ3v) is 8.39. The molecule has 1 aliphatic heterocycles. The number of hydrogen-bond acceptors (Lipinski definition) is 1. The van der Waals surface area contributed by atoms with Crippen molar-refractivity contribution in [1.82, 2.24) is 0 Å². The summed E-state index contributed by atoms with van der Waals surface area (Å²) < 4.78 is 0. The summed E-state index contributed by atoms with van der Waals surface area (Å²) in [6.07, 6.45) is 4.34. The summed E-state index contributed by atoms with van der Waals surface area (Å²) in [6.45, 7) is 2.30. The molecule has 1 aromatic rings. The molecule has 1 heterocycles. The maximum Gasteiger partial charge on any atom is 0.115 e. The summed E-state index contributed by atoms with van der Waals surface area (Å²) in [4.78, 5) is 0. The molecule has 1 nitrogen and oxygen atoms in total. The monoisotopic (exact) mass is 320 g/mol. The SMILES string of the molecule is CCC[SiH]1CCC(CC(O)C#Cc2ccc(Cl)cc2)CC1. The van der Waals surface area contributed by atoms with E-state index in [9.17, 15) is 5.11 Å². The molecule has 1 atom stereocenters. The minimum Gasteiger partial charge on any atom is -0.380 e. The summed E-state index contributed by atoms with van der Waals surface area (Å²) in [7, 11) is -0.410. The molecule has 1 saturated heterocycles. The van der Waals surface area contributed by atoms with Crippen molar-refractivity contribution < 1.29 is 5.11 Å². The largest absolute Gasteiger partial charge is 0.380 e. The molecule has 2 rings (SSSR count). The van der Waals surface area contributed by atoms with Crippen molar-refractivity contribution >= 4 is 20.4 Å². The standard InChI is InChI=1S/C18H25ClOSi/c1-2-11-21-12-9-16(10-13-21)14-18(20)8-5-15-3-6-17(19)7-4-15/h3-4,6-7,16,18,20-21H,2,9-14H2,1H3. The van der Waals surface area contributed by atoms with Gasteiger partial charge in [-0.15, -0.1) is 0 Å². The zero-order chi connectivity index (χ0) is 15.1. The molecule has 1 fully saturated rings. The van der Waals surface area contributed by atoms with Crippen LogP contribution in [-0.4, -0.2) is 20.0 Å². The van der Waals surface area contributed by atoms with Gasteiger partial charge in [-0.05, 0) is 36.6 Å². The van der Waals surface area contributed by atoms with E-state index in [1.54, 1.807) is 0 Å². The molecule has 0 spiro atoms. The van der Waals surface area contributed by atoms with E-state index in [1.807, 2.05) is 24.3 Å². The van der Waals surface area contributed by atoms with Gasteiger partial charge >= 0.3 is 0 Å². The van der Waals surface area contributed by atoms with Gasteiger partial charge in [0.2, 0.25) is 0 Å². The first-order valence-electron chi connectivity index (χ1n) is 8.12. The van der Waals surface area contributed by atoms with Crippen molar-refractivity contribution in [3.63, 3.8) is 0 Å². The van der Waals surface area contributed by atoms with Crippen molar-refractivity contribution in [3.8, 4) is 11.8 Å². The van der Waals surface area contributed by atoms with Crippen LogP contribution in [0.5, 0.6) is 0 Å². The van der Waals surface area contributed by atoms with E-state index < -0.39 is 14.9 Å². The first-order chi connectivity index (χ1) is 10.2. The third-order valence-electron chi connectivity index (χ3n) is 4.45. The van der Waals surface area contributed by atoms with Crippen LogP contribution in [0.1, 0.15) is 38.2 Å². The Kier molecular flexibility index (Phi) is 6.83. The van der Waals surface area contributed by atoms with Crippen LogP contribution < -0.4 is 0 Å². The highest BCUT2D eigenvalue weighted by atomic mass is 35.5. The lowest BCUT2D eigenvalue weighted by atomic mass is 9.95. The van der Waals surface area contributed by atoms with Crippen molar-refractivity contribution in [2.24, 2.45) is 5.92 Å². The molecule has 0 aliphatic carbocycles. The molecule has 0 amide bonds. The highest BCUT2D eigenvalue weighted by molar-refractivity contribution is 6.58. The smallest absolute Gasteiger partial charge is 0.115 e. The summed E-state index contributed by atoms with van der Waals surface area (Å²) in [5, 5.41) is 10.8. The Bertz CT molecular complexity index is 480. The normalized spacial score (nSPS) is 23.2. The summed E-state index contributed by atoms with van der Waals surface area (Å²) in [5.41, 5.74) is 0.914. The molecular formula is C18H25ClOSi. The molecule has 1 aromatic carbocycles. The number of rotatable bonds is 4. The van der Waals surface area contributed by atoms with Gasteiger partial charge < -0.3 is 5.11 Å². The van der Waals surface area contributed by atoms with Gasteiger partial charge in [0.1, 0.15) is 6.10 Å². The van der Waals surface area contributed by atoms with Crippen LogP contribution in [0.2, 0.25) is 23.2 Å². The van der Waals surface area contributed by atoms with Gasteiger partial charge in [-0.3, -0.25) is 0 Å². The molecule has 0 aromatic heterocycles. The van der Waals surface area contributed by atoms with E-state index in [4.69, 9.17) is 11.6 Å². The molecule has 0 saturated carbocycles. The van der Waals surface area contributed by atoms with Crippen LogP contribution in [0.15, 0.2) is 24.3 Å². The Labute approximate surface area is 135 Å². The van der Waals surface area contributed by atoms with Gasteiger partial charge in [0, 0.05) is 19.4 Å². The molecule has 0 radical (unpaired) electrons. The fourth-order valence-corrected chi connectivity index (χ4v) is 6.93. The number of hydrogen-bond donors (Lipinski definition) is 1. The van der Waals surface area contributed by atoms with Gasteiger partial charge in [-0.1, -0.05) is 67.8 Å².